The van der Waals surface area contributed by atoms with Crippen LogP contribution >= 0.6 is 0 Å². The maximum atomic E-state index is 11.2. The highest BCUT2D eigenvalue weighted by atomic mass is 16.4. The first kappa shape index (κ1) is 15.0. The van der Waals surface area contributed by atoms with Gasteiger partial charge in [-0.1, -0.05) is 13.3 Å². The molecule has 0 bridgehead atoms. The second-order valence-corrected chi connectivity index (χ2v) is 4.42. The molecule has 7 nitrogen and oxygen atoms in total. The first-order valence-electron chi connectivity index (χ1n) is 6.33. The number of aromatic nitrogens is 2. The van der Waals surface area contributed by atoms with E-state index in [-0.39, 0.29) is 17.7 Å². The number of aromatic amines is 1. The lowest BCUT2D eigenvalue weighted by atomic mass is 9.97. The van der Waals surface area contributed by atoms with E-state index in [1.807, 2.05) is 6.92 Å². The number of anilines is 2. The van der Waals surface area contributed by atoms with Gasteiger partial charge in [-0.3, -0.25) is 9.59 Å². The average Bonchev–Trinajstić information content (AvgIpc) is 2.38. The molecule has 0 aliphatic rings. The number of carboxylic acid groups (broad SMARTS) is 1. The first-order chi connectivity index (χ1) is 9.04. The Kier molecular flexibility index (Phi) is 5.84. The number of rotatable bonds is 8. The molecule has 106 valence electrons. The average molecular weight is 268 g/mol. The quantitative estimate of drug-likeness (QED) is 0.559. The molecule has 5 N–H and O–H groups in total. The predicted molar refractivity (Wildman–Crippen MR) is 73.0 cm³/mol. The molecule has 0 aliphatic heterocycles. The molecule has 0 aliphatic carbocycles. The van der Waals surface area contributed by atoms with Crippen LogP contribution in [-0.2, 0) is 4.79 Å². The molecule has 1 unspecified atom stereocenters. The standard InChI is InChI=1S/C12H20N4O3/c1-2-8(3-4-9(17)18)5-6-14-11-10(13)12(19)16-7-15-11/h7-8H,2-6,13H2,1H3,(H,17,18)(H2,14,15,16,19). The highest BCUT2D eigenvalue weighted by Gasteiger charge is 2.10. The molecule has 0 fully saturated rings. The van der Waals surface area contributed by atoms with Crippen molar-refractivity contribution < 1.29 is 9.90 Å². The molecule has 0 spiro atoms. The summed E-state index contributed by atoms with van der Waals surface area (Å²) in [4.78, 5) is 28.1. The predicted octanol–water partition coefficient (Wildman–Crippen LogP) is 1.05. The van der Waals surface area contributed by atoms with Crippen LogP contribution in [0.15, 0.2) is 11.1 Å². The summed E-state index contributed by atoms with van der Waals surface area (Å²) in [7, 11) is 0. The minimum atomic E-state index is -0.771. The van der Waals surface area contributed by atoms with Crippen LogP contribution in [0.25, 0.3) is 0 Å². The molecule has 1 atom stereocenters. The number of nitrogens with zero attached hydrogens (tertiary/aromatic N) is 1. The van der Waals surface area contributed by atoms with Gasteiger partial charge in [-0.25, -0.2) is 4.98 Å². The molecular formula is C12H20N4O3. The maximum Gasteiger partial charge on any atom is 0.303 e. The van der Waals surface area contributed by atoms with Gasteiger partial charge in [0, 0.05) is 13.0 Å². The summed E-state index contributed by atoms with van der Waals surface area (Å²) in [6.07, 6.45) is 3.88. The minimum absolute atomic E-state index is 0.0704. The molecule has 1 aromatic heterocycles. The summed E-state index contributed by atoms with van der Waals surface area (Å²) in [6, 6.07) is 0. The SMILES string of the molecule is CCC(CCNc1nc[nH]c(=O)c1N)CCC(=O)O. The molecule has 0 saturated heterocycles. The summed E-state index contributed by atoms with van der Waals surface area (Å²) in [5.74, 6) is -0.0597. The van der Waals surface area contributed by atoms with Crippen LogP contribution in [0.5, 0.6) is 0 Å². The van der Waals surface area contributed by atoms with Gasteiger partial charge < -0.3 is 21.1 Å². The van der Waals surface area contributed by atoms with Crippen LogP contribution in [0, 0.1) is 5.92 Å². The third-order valence-corrected chi connectivity index (χ3v) is 3.08. The van der Waals surface area contributed by atoms with Gasteiger partial charge in [0.15, 0.2) is 5.82 Å². The van der Waals surface area contributed by atoms with Crippen molar-refractivity contribution >= 4 is 17.5 Å². The van der Waals surface area contributed by atoms with Crippen LogP contribution in [0.1, 0.15) is 32.6 Å². The molecule has 0 saturated carbocycles. The van der Waals surface area contributed by atoms with Crippen LogP contribution in [0.4, 0.5) is 11.5 Å². The molecule has 1 heterocycles. The first-order valence-corrected chi connectivity index (χ1v) is 6.33. The molecular weight excluding hydrogens is 248 g/mol. The summed E-state index contributed by atoms with van der Waals surface area (Å²) in [6.45, 7) is 2.64. The van der Waals surface area contributed by atoms with Gasteiger partial charge in [0.25, 0.3) is 5.56 Å². The van der Waals surface area contributed by atoms with E-state index in [0.717, 1.165) is 12.8 Å². The van der Waals surface area contributed by atoms with Crippen molar-refractivity contribution in [2.24, 2.45) is 5.92 Å². The zero-order valence-electron chi connectivity index (χ0n) is 11.0. The van der Waals surface area contributed by atoms with Crippen molar-refractivity contribution in [3.8, 4) is 0 Å². The Labute approximate surface area is 111 Å². The van der Waals surface area contributed by atoms with Gasteiger partial charge in [0.2, 0.25) is 0 Å². The molecule has 19 heavy (non-hydrogen) atoms. The molecule has 0 aromatic carbocycles. The van der Waals surface area contributed by atoms with Crippen molar-refractivity contribution in [1.82, 2.24) is 9.97 Å². The number of aliphatic carboxylic acids is 1. The number of nitrogens with one attached hydrogen (secondary N) is 2. The Hall–Kier alpha value is -2.05. The highest BCUT2D eigenvalue weighted by Crippen LogP contribution is 2.16. The number of H-pyrrole nitrogens is 1. The zero-order valence-corrected chi connectivity index (χ0v) is 11.0. The lowest BCUT2D eigenvalue weighted by molar-refractivity contribution is -0.137. The Balaban J connectivity index is 2.41. The monoisotopic (exact) mass is 268 g/mol. The van der Waals surface area contributed by atoms with Gasteiger partial charge in [0.05, 0.1) is 6.33 Å². The van der Waals surface area contributed by atoms with Crippen molar-refractivity contribution in [3.63, 3.8) is 0 Å². The summed E-state index contributed by atoms with van der Waals surface area (Å²) in [5.41, 5.74) is 5.29. The number of hydrogen-bond acceptors (Lipinski definition) is 5. The fourth-order valence-corrected chi connectivity index (χ4v) is 1.83. The normalized spacial score (nSPS) is 12.1. The van der Waals surface area contributed by atoms with Gasteiger partial charge in [-0.15, -0.1) is 0 Å². The van der Waals surface area contributed by atoms with E-state index in [4.69, 9.17) is 10.8 Å². The van der Waals surface area contributed by atoms with Gasteiger partial charge in [-0.05, 0) is 18.8 Å². The van der Waals surface area contributed by atoms with Gasteiger partial charge in [-0.2, -0.15) is 0 Å². The second-order valence-electron chi connectivity index (χ2n) is 4.42. The summed E-state index contributed by atoms with van der Waals surface area (Å²) in [5, 5.41) is 11.7. The van der Waals surface area contributed by atoms with Crippen LogP contribution in [-0.4, -0.2) is 27.6 Å². The smallest absolute Gasteiger partial charge is 0.303 e. The van der Waals surface area contributed by atoms with Crippen LogP contribution in [0.2, 0.25) is 0 Å². The molecule has 1 aromatic rings. The van der Waals surface area contributed by atoms with Crippen molar-refractivity contribution in [2.45, 2.75) is 32.6 Å². The van der Waals surface area contributed by atoms with Gasteiger partial charge >= 0.3 is 5.97 Å². The van der Waals surface area contributed by atoms with E-state index in [1.54, 1.807) is 0 Å². The summed E-state index contributed by atoms with van der Waals surface area (Å²) >= 11 is 0. The Bertz CT molecular complexity index is 472. The molecule has 1 rings (SSSR count). The van der Waals surface area contributed by atoms with E-state index in [0.29, 0.717) is 24.7 Å². The van der Waals surface area contributed by atoms with E-state index in [2.05, 4.69) is 15.3 Å². The minimum Gasteiger partial charge on any atom is -0.481 e. The lowest BCUT2D eigenvalue weighted by Crippen LogP contribution is -2.18. The van der Waals surface area contributed by atoms with E-state index in [9.17, 15) is 9.59 Å². The fraction of sp³-hybridized carbons (Fsp3) is 0.583. The van der Waals surface area contributed by atoms with Crippen LogP contribution < -0.4 is 16.6 Å². The van der Waals surface area contributed by atoms with Crippen molar-refractivity contribution in [2.75, 3.05) is 17.6 Å². The number of carboxylic acids is 1. The van der Waals surface area contributed by atoms with E-state index in [1.165, 1.54) is 6.33 Å². The third kappa shape index (κ3) is 4.99. The molecule has 0 radical (unpaired) electrons. The number of hydrogen-bond donors (Lipinski definition) is 4. The third-order valence-electron chi connectivity index (χ3n) is 3.08. The lowest BCUT2D eigenvalue weighted by Gasteiger charge is -2.14. The fourth-order valence-electron chi connectivity index (χ4n) is 1.83. The number of carbonyl (C=O) groups is 1. The second kappa shape index (κ2) is 7.40. The zero-order chi connectivity index (χ0) is 14.3. The van der Waals surface area contributed by atoms with Crippen molar-refractivity contribution in [1.29, 1.82) is 0 Å². The summed E-state index contributed by atoms with van der Waals surface area (Å²) < 4.78 is 0. The van der Waals surface area contributed by atoms with E-state index >= 15 is 0 Å². The van der Waals surface area contributed by atoms with Crippen molar-refractivity contribution in [3.05, 3.63) is 16.7 Å². The highest BCUT2D eigenvalue weighted by molar-refractivity contribution is 5.66. The van der Waals surface area contributed by atoms with Crippen LogP contribution in [0.3, 0.4) is 0 Å². The Morgan fingerprint density at radius 2 is 2.32 bits per heavy atom. The topological polar surface area (TPSA) is 121 Å². The van der Waals surface area contributed by atoms with E-state index < -0.39 is 5.97 Å². The van der Waals surface area contributed by atoms with Gasteiger partial charge in [0.1, 0.15) is 5.69 Å². The Morgan fingerprint density at radius 3 is 2.95 bits per heavy atom. The number of nitrogen functional groups attached to an aromatic ring is 1. The largest absolute Gasteiger partial charge is 0.481 e. The number of nitrogens with two attached hydrogens (primary N) is 1. The molecule has 0 amide bonds. The molecule has 7 heteroatoms. The maximum absolute atomic E-state index is 11.2. The Morgan fingerprint density at radius 1 is 1.58 bits per heavy atom.